The van der Waals surface area contributed by atoms with Gasteiger partial charge in [-0.1, -0.05) is 22.9 Å². The van der Waals surface area contributed by atoms with E-state index in [9.17, 15) is 19.7 Å². The summed E-state index contributed by atoms with van der Waals surface area (Å²) in [7, 11) is 1.27. The smallest absolute Gasteiger partial charge is 0.325 e. The van der Waals surface area contributed by atoms with Crippen molar-refractivity contribution >= 4 is 62.5 Å². The van der Waals surface area contributed by atoms with Gasteiger partial charge in [0.15, 0.2) is 4.80 Å². The molecule has 0 aliphatic heterocycles. The van der Waals surface area contributed by atoms with Crippen molar-refractivity contribution in [2.24, 2.45) is 4.99 Å². The number of carbonyl (C=O) groups is 2. The van der Waals surface area contributed by atoms with Crippen LogP contribution in [-0.2, 0) is 20.9 Å². The molecule has 0 radical (unpaired) electrons. The fourth-order valence-electron chi connectivity index (χ4n) is 2.71. The maximum Gasteiger partial charge on any atom is 0.325 e. The van der Waals surface area contributed by atoms with Gasteiger partial charge < -0.3 is 9.30 Å². The predicted octanol–water partition coefficient (Wildman–Crippen LogP) is 4.44. The minimum absolute atomic E-state index is 0.0731. The van der Waals surface area contributed by atoms with Crippen molar-refractivity contribution in [2.75, 3.05) is 12.9 Å². The number of aromatic nitrogens is 1. The van der Waals surface area contributed by atoms with Crippen molar-refractivity contribution in [2.45, 2.75) is 24.3 Å². The van der Waals surface area contributed by atoms with Gasteiger partial charge in [0.2, 0.25) is 5.91 Å². The van der Waals surface area contributed by atoms with Crippen LogP contribution in [0.3, 0.4) is 0 Å². The van der Waals surface area contributed by atoms with E-state index in [1.54, 1.807) is 17.8 Å². The lowest BCUT2D eigenvalue weighted by atomic mass is 10.3. The summed E-state index contributed by atoms with van der Waals surface area (Å²) >= 11 is 8.61. The van der Waals surface area contributed by atoms with Gasteiger partial charge in [-0.3, -0.25) is 19.7 Å². The Balaban J connectivity index is 1.75. The summed E-state index contributed by atoms with van der Waals surface area (Å²) in [6.07, 6.45) is 0.871. The second kappa shape index (κ2) is 10.6. The number of hydrogen-bond acceptors (Lipinski definition) is 7. The molecule has 0 N–H and O–H groups in total. The predicted molar refractivity (Wildman–Crippen MR) is 120 cm³/mol. The van der Waals surface area contributed by atoms with E-state index in [-0.39, 0.29) is 24.6 Å². The highest BCUT2D eigenvalue weighted by atomic mass is 35.5. The first kappa shape index (κ1) is 23.0. The number of esters is 1. The lowest BCUT2D eigenvalue weighted by molar-refractivity contribution is -0.384. The number of nitro benzene ring substituents is 1. The first-order valence-corrected chi connectivity index (χ1v) is 11.4. The molecule has 0 saturated heterocycles. The topological polar surface area (TPSA) is 104 Å². The van der Waals surface area contributed by atoms with Crippen molar-refractivity contribution in [3.05, 3.63) is 62.4 Å². The van der Waals surface area contributed by atoms with Gasteiger partial charge in [0, 0.05) is 28.5 Å². The minimum atomic E-state index is -0.508. The second-order valence-electron chi connectivity index (χ2n) is 6.37. The average Bonchev–Trinajstić information content (AvgIpc) is 3.08. The monoisotopic (exact) mass is 479 g/mol. The van der Waals surface area contributed by atoms with Crippen LogP contribution in [-0.4, -0.2) is 34.2 Å². The first-order valence-electron chi connectivity index (χ1n) is 9.18. The van der Waals surface area contributed by atoms with Crippen molar-refractivity contribution in [1.29, 1.82) is 0 Å². The lowest BCUT2D eigenvalue weighted by Crippen LogP contribution is -2.22. The van der Waals surface area contributed by atoms with E-state index in [4.69, 9.17) is 16.3 Å². The summed E-state index contributed by atoms with van der Waals surface area (Å²) in [4.78, 5) is 40.3. The van der Waals surface area contributed by atoms with Crippen LogP contribution in [0.1, 0.15) is 12.8 Å². The highest BCUT2D eigenvalue weighted by Gasteiger charge is 2.15. The molecule has 3 rings (SSSR count). The Bertz CT molecular complexity index is 1190. The third-order valence-electron chi connectivity index (χ3n) is 4.23. The summed E-state index contributed by atoms with van der Waals surface area (Å²) in [5, 5.41) is 11.7. The average molecular weight is 480 g/mol. The zero-order valence-electron chi connectivity index (χ0n) is 16.4. The van der Waals surface area contributed by atoms with Crippen molar-refractivity contribution < 1.29 is 19.2 Å². The third kappa shape index (κ3) is 6.16. The van der Waals surface area contributed by atoms with Crippen LogP contribution in [0, 0.1) is 10.1 Å². The molecule has 0 bridgehead atoms. The highest BCUT2D eigenvalue weighted by molar-refractivity contribution is 7.99. The molecule has 0 atom stereocenters. The number of ether oxygens (including phenoxy) is 1. The normalized spacial score (nSPS) is 11.6. The number of thioether (sulfide) groups is 1. The fraction of sp³-hybridized carbons (Fsp3) is 0.250. The number of nitrogens with zero attached hydrogens (tertiary/aromatic N) is 3. The van der Waals surface area contributed by atoms with Crippen LogP contribution >= 0.6 is 34.7 Å². The number of rotatable bonds is 8. The number of fused-ring (bicyclic) bond motifs is 1. The van der Waals surface area contributed by atoms with Crippen LogP contribution < -0.4 is 4.80 Å². The molecule has 2 aromatic carbocycles. The number of carbonyl (C=O) groups excluding carboxylic acids is 2. The number of thiazole rings is 1. The van der Waals surface area contributed by atoms with Gasteiger partial charge >= 0.3 is 5.97 Å². The maximum absolute atomic E-state index is 12.4. The number of non-ortho nitro benzene ring substituents is 1. The summed E-state index contributed by atoms with van der Waals surface area (Å²) in [5.74, 6) is -0.0911. The van der Waals surface area contributed by atoms with Gasteiger partial charge in [0.05, 0.1) is 22.2 Å². The number of nitro groups is 1. The van der Waals surface area contributed by atoms with E-state index in [1.165, 1.54) is 23.8 Å². The van der Waals surface area contributed by atoms with Gasteiger partial charge in [0.1, 0.15) is 6.54 Å². The standard InChI is InChI=1S/C20H18ClN3O5S2/c1-29-19(26)12-23-16-9-6-14(24(27)28)11-17(16)31-20(23)22-18(25)3-2-10-30-15-7-4-13(21)5-8-15/h4-9,11H,2-3,10,12H2,1H3. The Morgan fingerprint density at radius 2 is 2.00 bits per heavy atom. The molecular formula is C20H18ClN3O5S2. The molecular weight excluding hydrogens is 462 g/mol. The molecule has 1 heterocycles. The number of halogens is 1. The molecule has 0 aliphatic rings. The molecule has 11 heteroatoms. The highest BCUT2D eigenvalue weighted by Crippen LogP contribution is 2.24. The quantitative estimate of drug-likeness (QED) is 0.155. The molecule has 0 aliphatic carbocycles. The van der Waals surface area contributed by atoms with Gasteiger partial charge in [-0.2, -0.15) is 4.99 Å². The lowest BCUT2D eigenvalue weighted by Gasteiger charge is -2.03. The molecule has 162 valence electrons. The zero-order valence-corrected chi connectivity index (χ0v) is 18.8. The second-order valence-corrected chi connectivity index (χ2v) is 8.98. The zero-order chi connectivity index (χ0) is 22.4. The Kier molecular flexibility index (Phi) is 7.83. The molecule has 3 aromatic rings. The minimum Gasteiger partial charge on any atom is -0.468 e. The van der Waals surface area contributed by atoms with E-state index in [1.807, 2.05) is 24.3 Å². The molecule has 1 aromatic heterocycles. The van der Waals surface area contributed by atoms with Crippen LogP contribution in [0.15, 0.2) is 52.4 Å². The van der Waals surface area contributed by atoms with E-state index >= 15 is 0 Å². The summed E-state index contributed by atoms with van der Waals surface area (Å²) in [6, 6.07) is 11.8. The Morgan fingerprint density at radius 1 is 1.26 bits per heavy atom. The number of methoxy groups -OCH3 is 1. The first-order chi connectivity index (χ1) is 14.9. The number of benzene rings is 2. The van der Waals surface area contributed by atoms with E-state index in [0.29, 0.717) is 26.5 Å². The van der Waals surface area contributed by atoms with Gasteiger partial charge in [-0.05, 0) is 42.5 Å². The molecule has 0 unspecified atom stereocenters. The van der Waals surface area contributed by atoms with Crippen LogP contribution in [0.25, 0.3) is 10.2 Å². The van der Waals surface area contributed by atoms with Crippen molar-refractivity contribution in [3.63, 3.8) is 0 Å². The summed E-state index contributed by atoms with van der Waals surface area (Å²) in [5.41, 5.74) is 0.502. The number of hydrogen-bond donors (Lipinski definition) is 0. The maximum atomic E-state index is 12.4. The Labute approximate surface area is 190 Å². The molecule has 0 saturated carbocycles. The largest absolute Gasteiger partial charge is 0.468 e. The molecule has 0 fully saturated rings. The van der Waals surface area contributed by atoms with E-state index in [2.05, 4.69) is 4.99 Å². The van der Waals surface area contributed by atoms with Crippen LogP contribution in [0.4, 0.5) is 5.69 Å². The van der Waals surface area contributed by atoms with Gasteiger partial charge in [-0.15, -0.1) is 11.8 Å². The van der Waals surface area contributed by atoms with E-state index in [0.717, 1.165) is 22.0 Å². The van der Waals surface area contributed by atoms with Gasteiger partial charge in [-0.25, -0.2) is 0 Å². The van der Waals surface area contributed by atoms with Crippen LogP contribution in [0.5, 0.6) is 0 Å². The third-order valence-corrected chi connectivity index (χ3v) is 6.62. The summed E-state index contributed by atoms with van der Waals surface area (Å²) in [6.45, 7) is -0.146. The van der Waals surface area contributed by atoms with Gasteiger partial charge in [0.25, 0.3) is 5.69 Å². The number of amides is 1. The molecule has 8 nitrogen and oxygen atoms in total. The van der Waals surface area contributed by atoms with E-state index < -0.39 is 10.9 Å². The Morgan fingerprint density at radius 3 is 2.68 bits per heavy atom. The van der Waals surface area contributed by atoms with Crippen molar-refractivity contribution in [3.8, 4) is 0 Å². The van der Waals surface area contributed by atoms with Crippen molar-refractivity contribution in [1.82, 2.24) is 4.57 Å². The molecule has 0 spiro atoms. The Hall–Kier alpha value is -2.69. The SMILES string of the molecule is COC(=O)Cn1c(=NC(=O)CCCSc2ccc(Cl)cc2)sc2cc([N+](=O)[O-])ccc21. The van der Waals surface area contributed by atoms with Crippen LogP contribution in [0.2, 0.25) is 5.02 Å². The fourth-order valence-corrected chi connectivity index (χ4v) is 4.77. The molecule has 31 heavy (non-hydrogen) atoms. The molecule has 1 amide bonds. The summed E-state index contributed by atoms with van der Waals surface area (Å²) < 4.78 is 6.82.